The molecule has 1 N–H and O–H groups in total. The van der Waals surface area contributed by atoms with E-state index in [-0.39, 0.29) is 0 Å². The molecule has 0 radical (unpaired) electrons. The summed E-state index contributed by atoms with van der Waals surface area (Å²) in [4.78, 5) is 11.0. The second-order valence-electron chi connectivity index (χ2n) is 4.05. The van der Waals surface area contributed by atoms with Crippen molar-refractivity contribution in [3.63, 3.8) is 0 Å². The molecule has 0 spiro atoms. The summed E-state index contributed by atoms with van der Waals surface area (Å²) in [6.07, 6.45) is 1.08. The number of halogens is 1. The molecule has 0 aromatic carbocycles. The summed E-state index contributed by atoms with van der Waals surface area (Å²) in [5.74, 6) is 1.75. The lowest BCUT2D eigenvalue weighted by atomic mass is 10.4. The van der Waals surface area contributed by atoms with Gasteiger partial charge in [-0.1, -0.05) is 6.92 Å². The van der Waals surface area contributed by atoms with Gasteiger partial charge in [0.2, 0.25) is 0 Å². The third kappa shape index (κ3) is 3.72. The fourth-order valence-corrected chi connectivity index (χ4v) is 1.65. The Bertz CT molecular complexity index is 352. The number of aromatic nitrogens is 2. The summed E-state index contributed by atoms with van der Waals surface area (Å²) in [7, 11) is 4.03. The maximum atomic E-state index is 4.50. The lowest BCUT2D eigenvalue weighted by Crippen LogP contribution is -2.15. The summed E-state index contributed by atoms with van der Waals surface area (Å²) < 4.78 is 0.962. The van der Waals surface area contributed by atoms with Crippen LogP contribution in [-0.4, -0.2) is 35.5 Å². The maximum Gasteiger partial charge on any atom is 0.145 e. The number of nitrogens with one attached hydrogen (secondary N) is 1. The van der Waals surface area contributed by atoms with Gasteiger partial charge in [0.15, 0.2) is 0 Å². The summed E-state index contributed by atoms with van der Waals surface area (Å²) in [6, 6.07) is 0. The first kappa shape index (κ1) is 13.4. The molecule has 5 heteroatoms. The Morgan fingerprint density at radius 2 is 2.00 bits per heavy atom. The normalized spacial score (nSPS) is 10.9. The molecule has 90 valence electrons. The van der Waals surface area contributed by atoms with Gasteiger partial charge in [0.05, 0.1) is 16.7 Å². The molecular weight excluding hydrogens is 268 g/mol. The molecule has 0 atom stereocenters. The zero-order valence-electron chi connectivity index (χ0n) is 10.3. The second-order valence-corrected chi connectivity index (χ2v) is 4.85. The van der Waals surface area contributed by atoms with Gasteiger partial charge in [-0.3, -0.25) is 0 Å². The predicted octanol–water partition coefficient (Wildman–Crippen LogP) is 2.43. The molecule has 1 rings (SSSR count). The summed E-state index contributed by atoms with van der Waals surface area (Å²) in [5.41, 5.74) is 0.977. The molecular formula is C11H19BrN4. The van der Waals surface area contributed by atoms with Crippen molar-refractivity contribution in [3.05, 3.63) is 16.0 Å². The third-order valence-electron chi connectivity index (χ3n) is 2.06. The number of anilines is 1. The lowest BCUT2D eigenvalue weighted by molar-refractivity contribution is 0.390. The molecule has 1 aromatic heterocycles. The van der Waals surface area contributed by atoms with Gasteiger partial charge < -0.3 is 10.2 Å². The van der Waals surface area contributed by atoms with Crippen LogP contribution in [0.25, 0.3) is 0 Å². The van der Waals surface area contributed by atoms with Crippen LogP contribution in [0.5, 0.6) is 0 Å². The van der Waals surface area contributed by atoms with Crippen LogP contribution in [-0.2, 0) is 6.54 Å². The smallest absolute Gasteiger partial charge is 0.145 e. The van der Waals surface area contributed by atoms with Crippen LogP contribution in [0.2, 0.25) is 0 Å². The van der Waals surface area contributed by atoms with Gasteiger partial charge in [0.25, 0.3) is 0 Å². The van der Waals surface area contributed by atoms with E-state index in [4.69, 9.17) is 0 Å². The van der Waals surface area contributed by atoms with E-state index < -0.39 is 0 Å². The number of hydrogen-bond donors (Lipinski definition) is 1. The van der Waals surface area contributed by atoms with Crippen molar-refractivity contribution in [1.29, 1.82) is 0 Å². The highest BCUT2D eigenvalue weighted by atomic mass is 79.9. The molecule has 0 saturated carbocycles. The van der Waals surface area contributed by atoms with Crippen molar-refractivity contribution < 1.29 is 0 Å². The molecule has 0 bridgehead atoms. The minimum Gasteiger partial charge on any atom is -0.369 e. The zero-order valence-corrected chi connectivity index (χ0v) is 11.9. The summed E-state index contributed by atoms with van der Waals surface area (Å²) >= 11 is 3.51. The highest BCUT2D eigenvalue weighted by Gasteiger charge is 2.09. The number of nitrogens with zero attached hydrogens (tertiary/aromatic N) is 3. The van der Waals surface area contributed by atoms with Gasteiger partial charge in [-0.25, -0.2) is 9.97 Å². The molecule has 4 nitrogen and oxygen atoms in total. The van der Waals surface area contributed by atoms with Gasteiger partial charge in [0.1, 0.15) is 11.6 Å². The second kappa shape index (κ2) is 6.15. The Hall–Kier alpha value is -0.680. The average Bonchev–Trinajstić information content (AvgIpc) is 2.20. The van der Waals surface area contributed by atoms with Gasteiger partial charge in [-0.15, -0.1) is 0 Å². The minimum absolute atomic E-state index is 0.759. The molecule has 0 aliphatic heterocycles. The Balaban J connectivity index is 2.92. The zero-order chi connectivity index (χ0) is 12.1. The molecule has 0 saturated heterocycles. The molecule has 1 aromatic rings. The molecule has 1 heterocycles. The van der Waals surface area contributed by atoms with E-state index in [2.05, 4.69) is 43.0 Å². The largest absolute Gasteiger partial charge is 0.369 e. The lowest BCUT2D eigenvalue weighted by Gasteiger charge is -2.13. The molecule has 0 aliphatic rings. The van der Waals surface area contributed by atoms with E-state index in [0.29, 0.717) is 0 Å². The first-order chi connectivity index (χ1) is 7.54. The third-order valence-corrected chi connectivity index (χ3v) is 3.01. The van der Waals surface area contributed by atoms with Gasteiger partial charge in [-0.2, -0.15) is 0 Å². The van der Waals surface area contributed by atoms with E-state index in [1.165, 1.54) is 0 Å². The average molecular weight is 287 g/mol. The first-order valence-corrected chi connectivity index (χ1v) is 6.25. The van der Waals surface area contributed by atoms with E-state index in [9.17, 15) is 0 Å². The molecule has 16 heavy (non-hydrogen) atoms. The van der Waals surface area contributed by atoms with Gasteiger partial charge >= 0.3 is 0 Å². The van der Waals surface area contributed by atoms with Crippen molar-refractivity contribution in [1.82, 2.24) is 14.9 Å². The van der Waals surface area contributed by atoms with Gasteiger partial charge in [-0.05, 0) is 43.4 Å². The Morgan fingerprint density at radius 3 is 2.56 bits per heavy atom. The van der Waals surface area contributed by atoms with E-state index >= 15 is 0 Å². The highest BCUT2D eigenvalue weighted by Crippen LogP contribution is 2.23. The van der Waals surface area contributed by atoms with Crippen molar-refractivity contribution in [3.8, 4) is 0 Å². The molecule has 0 unspecified atom stereocenters. The fourth-order valence-electron chi connectivity index (χ4n) is 1.33. The Morgan fingerprint density at radius 1 is 1.31 bits per heavy atom. The van der Waals surface area contributed by atoms with Crippen LogP contribution in [0.3, 0.4) is 0 Å². The predicted molar refractivity (Wildman–Crippen MR) is 70.6 cm³/mol. The van der Waals surface area contributed by atoms with E-state index in [1.807, 2.05) is 21.0 Å². The Kier molecular flexibility index (Phi) is 5.15. The van der Waals surface area contributed by atoms with Crippen molar-refractivity contribution >= 4 is 21.7 Å². The minimum atomic E-state index is 0.759. The van der Waals surface area contributed by atoms with Crippen LogP contribution < -0.4 is 5.32 Å². The Labute approximate surface area is 106 Å². The van der Waals surface area contributed by atoms with E-state index in [0.717, 1.165) is 41.3 Å². The van der Waals surface area contributed by atoms with E-state index in [1.54, 1.807) is 0 Å². The van der Waals surface area contributed by atoms with Crippen LogP contribution in [0.1, 0.15) is 24.9 Å². The van der Waals surface area contributed by atoms with Crippen molar-refractivity contribution in [2.45, 2.75) is 26.8 Å². The maximum absolute atomic E-state index is 4.50. The van der Waals surface area contributed by atoms with Gasteiger partial charge in [0, 0.05) is 6.54 Å². The monoisotopic (exact) mass is 286 g/mol. The molecule has 0 aliphatic carbocycles. The SMILES string of the molecule is CCCNc1nc(CN(C)C)nc(C)c1Br. The quantitative estimate of drug-likeness (QED) is 0.903. The van der Waals surface area contributed by atoms with Crippen molar-refractivity contribution in [2.24, 2.45) is 0 Å². The topological polar surface area (TPSA) is 41.1 Å². The fraction of sp³-hybridized carbons (Fsp3) is 0.636. The van der Waals surface area contributed by atoms with Crippen molar-refractivity contribution in [2.75, 3.05) is 26.0 Å². The van der Waals surface area contributed by atoms with Crippen LogP contribution >= 0.6 is 15.9 Å². The van der Waals surface area contributed by atoms with Crippen LogP contribution in [0.15, 0.2) is 4.47 Å². The van der Waals surface area contributed by atoms with Crippen LogP contribution in [0, 0.1) is 6.92 Å². The standard InChI is InChI=1S/C11H19BrN4/c1-5-6-13-11-10(12)8(2)14-9(15-11)7-16(3)4/h5-7H2,1-4H3,(H,13,14,15). The molecule has 0 amide bonds. The summed E-state index contributed by atoms with van der Waals surface area (Å²) in [6.45, 7) is 5.81. The summed E-state index contributed by atoms with van der Waals surface area (Å²) in [5, 5.41) is 3.30. The first-order valence-electron chi connectivity index (χ1n) is 5.46. The number of aryl methyl sites for hydroxylation is 1. The number of hydrogen-bond acceptors (Lipinski definition) is 4. The molecule has 0 fully saturated rings. The highest BCUT2D eigenvalue weighted by molar-refractivity contribution is 9.10. The number of rotatable bonds is 5. The van der Waals surface area contributed by atoms with Crippen LogP contribution in [0.4, 0.5) is 5.82 Å².